The summed E-state index contributed by atoms with van der Waals surface area (Å²) in [5, 5.41) is 9.60. The molecule has 4 nitrogen and oxygen atoms in total. The second-order valence-corrected chi connectivity index (χ2v) is 3.52. The summed E-state index contributed by atoms with van der Waals surface area (Å²) in [7, 11) is 2.78. The van der Waals surface area contributed by atoms with Crippen LogP contribution in [0.1, 0.15) is 5.56 Å². The Kier molecular flexibility index (Phi) is 4.31. The number of hydrogen-bond acceptors (Lipinski definition) is 4. The second kappa shape index (κ2) is 5.29. The third-order valence-electron chi connectivity index (χ3n) is 1.87. The minimum absolute atomic E-state index is 0.0838. The first-order chi connectivity index (χ1) is 7.11. The average Bonchev–Trinajstić information content (AvgIpc) is 2.23. The van der Waals surface area contributed by atoms with E-state index in [1.165, 1.54) is 14.2 Å². The summed E-state index contributed by atoms with van der Waals surface area (Å²) in [5.74, 6) is -0.534. The lowest BCUT2D eigenvalue weighted by Gasteiger charge is -2.11. The fourth-order valence-corrected chi connectivity index (χ4v) is 1.61. The SMILES string of the molecule is CONCc1c(F)cc(OC)c(O)c1Br. The van der Waals surface area contributed by atoms with Crippen LogP contribution in [0.4, 0.5) is 4.39 Å². The molecule has 0 aliphatic heterocycles. The van der Waals surface area contributed by atoms with Gasteiger partial charge in [0.1, 0.15) is 5.82 Å². The minimum atomic E-state index is -0.485. The lowest BCUT2D eigenvalue weighted by Crippen LogP contribution is -2.12. The van der Waals surface area contributed by atoms with Crippen LogP contribution in [0, 0.1) is 5.82 Å². The van der Waals surface area contributed by atoms with E-state index >= 15 is 0 Å². The molecule has 0 radical (unpaired) electrons. The van der Waals surface area contributed by atoms with Crippen LogP contribution in [-0.4, -0.2) is 19.3 Å². The Hall–Kier alpha value is -0.850. The van der Waals surface area contributed by atoms with E-state index in [9.17, 15) is 9.50 Å². The van der Waals surface area contributed by atoms with E-state index in [1.54, 1.807) is 0 Å². The van der Waals surface area contributed by atoms with Crippen molar-refractivity contribution < 1.29 is 19.1 Å². The number of hydrogen-bond donors (Lipinski definition) is 2. The molecule has 0 amide bonds. The Morgan fingerprint density at radius 2 is 2.20 bits per heavy atom. The number of nitrogens with one attached hydrogen (secondary N) is 1. The lowest BCUT2D eigenvalue weighted by molar-refractivity contribution is 0.0857. The van der Waals surface area contributed by atoms with Gasteiger partial charge >= 0.3 is 0 Å². The molecule has 0 spiro atoms. The van der Waals surface area contributed by atoms with Crippen molar-refractivity contribution in [3.05, 3.63) is 21.9 Å². The Morgan fingerprint density at radius 1 is 1.53 bits per heavy atom. The summed E-state index contributed by atoms with van der Waals surface area (Å²) in [5.41, 5.74) is 2.76. The smallest absolute Gasteiger partial charge is 0.172 e. The molecular weight excluding hydrogens is 269 g/mol. The molecule has 1 rings (SSSR count). The van der Waals surface area contributed by atoms with Crippen LogP contribution in [0.3, 0.4) is 0 Å². The van der Waals surface area contributed by atoms with E-state index in [0.29, 0.717) is 0 Å². The number of ether oxygens (including phenoxy) is 1. The van der Waals surface area contributed by atoms with Crippen molar-refractivity contribution in [3.63, 3.8) is 0 Å². The van der Waals surface area contributed by atoms with Gasteiger partial charge in [0, 0.05) is 11.6 Å². The Morgan fingerprint density at radius 3 is 2.73 bits per heavy atom. The molecule has 0 aliphatic carbocycles. The molecule has 0 atom stereocenters. The van der Waals surface area contributed by atoms with E-state index in [4.69, 9.17) is 4.74 Å². The first-order valence-electron chi connectivity index (χ1n) is 4.11. The van der Waals surface area contributed by atoms with Crippen molar-refractivity contribution in [1.82, 2.24) is 5.48 Å². The molecule has 0 unspecified atom stereocenters. The zero-order valence-corrected chi connectivity index (χ0v) is 9.89. The largest absolute Gasteiger partial charge is 0.503 e. The van der Waals surface area contributed by atoms with Gasteiger partial charge in [0.15, 0.2) is 11.5 Å². The maximum absolute atomic E-state index is 13.5. The monoisotopic (exact) mass is 279 g/mol. The molecule has 1 aromatic carbocycles. The topological polar surface area (TPSA) is 50.7 Å². The third kappa shape index (κ3) is 2.58. The molecule has 0 aliphatic rings. The van der Waals surface area contributed by atoms with Gasteiger partial charge in [-0.1, -0.05) is 0 Å². The molecule has 2 N–H and O–H groups in total. The third-order valence-corrected chi connectivity index (χ3v) is 2.72. The molecule has 0 heterocycles. The van der Waals surface area contributed by atoms with Gasteiger partial charge in [0.25, 0.3) is 0 Å². The van der Waals surface area contributed by atoms with E-state index in [-0.39, 0.29) is 28.1 Å². The van der Waals surface area contributed by atoms with E-state index in [1.807, 2.05) is 0 Å². The fourth-order valence-electron chi connectivity index (χ4n) is 1.09. The van der Waals surface area contributed by atoms with E-state index in [2.05, 4.69) is 26.2 Å². The number of hydroxylamine groups is 1. The maximum atomic E-state index is 13.5. The number of methoxy groups -OCH3 is 1. The number of phenols is 1. The van der Waals surface area contributed by atoms with Gasteiger partial charge < -0.3 is 14.7 Å². The second-order valence-electron chi connectivity index (χ2n) is 2.73. The van der Waals surface area contributed by atoms with Crippen LogP contribution >= 0.6 is 15.9 Å². The first kappa shape index (κ1) is 12.2. The quantitative estimate of drug-likeness (QED) is 0.828. The number of rotatable bonds is 4. The highest BCUT2D eigenvalue weighted by atomic mass is 79.9. The van der Waals surface area contributed by atoms with Crippen molar-refractivity contribution in [2.45, 2.75) is 6.54 Å². The molecule has 15 heavy (non-hydrogen) atoms. The van der Waals surface area contributed by atoms with Crippen LogP contribution in [0.2, 0.25) is 0 Å². The minimum Gasteiger partial charge on any atom is -0.503 e. The average molecular weight is 280 g/mol. The standard InChI is InChI=1S/C9H11BrFNO3/c1-14-7-3-6(11)5(4-12-15-2)8(10)9(7)13/h3,12-13H,4H2,1-2H3. The van der Waals surface area contributed by atoms with Gasteiger partial charge in [-0.25, -0.2) is 4.39 Å². The molecule has 0 fully saturated rings. The Balaban J connectivity index is 3.11. The van der Waals surface area contributed by atoms with Crippen LogP contribution in [0.15, 0.2) is 10.5 Å². The number of halogens is 2. The van der Waals surface area contributed by atoms with Gasteiger partial charge in [-0.05, 0) is 15.9 Å². The zero-order chi connectivity index (χ0) is 11.4. The van der Waals surface area contributed by atoms with Crippen LogP contribution < -0.4 is 10.2 Å². The van der Waals surface area contributed by atoms with Gasteiger partial charge in [-0.15, -0.1) is 0 Å². The fraction of sp³-hybridized carbons (Fsp3) is 0.333. The molecule has 0 saturated carbocycles. The maximum Gasteiger partial charge on any atom is 0.172 e. The number of phenolic OH excluding ortho intramolecular Hbond substituents is 1. The van der Waals surface area contributed by atoms with Crippen molar-refractivity contribution in [2.75, 3.05) is 14.2 Å². The Bertz CT molecular complexity index is 360. The van der Waals surface area contributed by atoms with Crippen LogP contribution in [-0.2, 0) is 11.4 Å². The van der Waals surface area contributed by atoms with Gasteiger partial charge in [-0.3, -0.25) is 0 Å². The summed E-state index contributed by atoms with van der Waals surface area (Å²) in [6.45, 7) is 0.139. The van der Waals surface area contributed by atoms with Gasteiger partial charge in [-0.2, -0.15) is 5.48 Å². The summed E-state index contributed by atoms with van der Waals surface area (Å²) in [6.07, 6.45) is 0. The molecule has 0 saturated heterocycles. The Labute approximate surface area is 95.1 Å². The van der Waals surface area contributed by atoms with Gasteiger partial charge in [0.05, 0.1) is 25.2 Å². The molecule has 6 heteroatoms. The van der Waals surface area contributed by atoms with Crippen molar-refractivity contribution in [1.29, 1.82) is 0 Å². The molecule has 1 aromatic rings. The van der Waals surface area contributed by atoms with Crippen LogP contribution in [0.25, 0.3) is 0 Å². The van der Waals surface area contributed by atoms with Crippen molar-refractivity contribution in [2.24, 2.45) is 0 Å². The summed E-state index contributed by atoms with van der Waals surface area (Å²) < 4.78 is 18.5. The van der Waals surface area contributed by atoms with Crippen molar-refractivity contribution >= 4 is 15.9 Å². The predicted molar refractivity (Wildman–Crippen MR) is 56.2 cm³/mol. The zero-order valence-electron chi connectivity index (χ0n) is 8.30. The molecular formula is C9H11BrFNO3. The van der Waals surface area contributed by atoms with E-state index < -0.39 is 5.82 Å². The molecule has 84 valence electrons. The predicted octanol–water partition coefficient (Wildman–Crippen LogP) is 1.95. The lowest BCUT2D eigenvalue weighted by atomic mass is 10.2. The van der Waals surface area contributed by atoms with E-state index in [0.717, 1.165) is 6.07 Å². The highest BCUT2D eigenvalue weighted by molar-refractivity contribution is 9.10. The molecule has 0 aromatic heterocycles. The summed E-state index contributed by atoms with van der Waals surface area (Å²) in [4.78, 5) is 4.60. The first-order valence-corrected chi connectivity index (χ1v) is 4.90. The summed E-state index contributed by atoms with van der Waals surface area (Å²) >= 11 is 3.09. The molecule has 0 bridgehead atoms. The van der Waals surface area contributed by atoms with Gasteiger partial charge in [0.2, 0.25) is 0 Å². The highest BCUT2D eigenvalue weighted by Gasteiger charge is 2.16. The number of aromatic hydroxyl groups is 1. The summed E-state index contributed by atoms with van der Waals surface area (Å²) in [6, 6.07) is 1.12. The van der Waals surface area contributed by atoms with Crippen molar-refractivity contribution in [3.8, 4) is 11.5 Å². The number of benzene rings is 1. The normalized spacial score (nSPS) is 10.4. The highest BCUT2D eigenvalue weighted by Crippen LogP contribution is 2.38. The van der Waals surface area contributed by atoms with Crippen LogP contribution in [0.5, 0.6) is 11.5 Å².